The van der Waals surface area contributed by atoms with E-state index in [9.17, 15) is 4.79 Å². The summed E-state index contributed by atoms with van der Waals surface area (Å²) in [6, 6.07) is 0. The SMILES string of the molecule is COCCC1(CNC(=O)[C@@H]2CCCNC2)CC1. The predicted octanol–water partition coefficient (Wildman–Crippen LogP) is 0.919. The first-order valence-electron chi connectivity index (χ1n) is 6.73. The van der Waals surface area contributed by atoms with Gasteiger partial charge in [-0.3, -0.25) is 4.79 Å². The van der Waals surface area contributed by atoms with E-state index >= 15 is 0 Å². The summed E-state index contributed by atoms with van der Waals surface area (Å²) < 4.78 is 5.12. The Morgan fingerprint density at radius 2 is 2.35 bits per heavy atom. The number of hydrogen-bond donors (Lipinski definition) is 2. The zero-order valence-electron chi connectivity index (χ0n) is 10.8. The Labute approximate surface area is 103 Å². The molecule has 98 valence electrons. The summed E-state index contributed by atoms with van der Waals surface area (Å²) in [6.07, 6.45) is 5.70. The Morgan fingerprint density at radius 1 is 1.53 bits per heavy atom. The Hall–Kier alpha value is -0.610. The number of piperidine rings is 1. The van der Waals surface area contributed by atoms with Gasteiger partial charge in [-0.15, -0.1) is 0 Å². The molecule has 4 heteroatoms. The Balaban J connectivity index is 1.68. The van der Waals surface area contributed by atoms with Gasteiger partial charge in [0, 0.05) is 26.8 Å². The molecule has 0 bridgehead atoms. The first-order chi connectivity index (χ1) is 8.26. The molecule has 1 atom stereocenters. The number of ether oxygens (including phenoxy) is 1. The number of hydrogen-bond acceptors (Lipinski definition) is 3. The minimum absolute atomic E-state index is 0.182. The third-order valence-corrected chi connectivity index (χ3v) is 4.10. The largest absolute Gasteiger partial charge is 0.385 e. The maximum absolute atomic E-state index is 12.0. The highest BCUT2D eigenvalue weighted by Gasteiger charge is 2.42. The van der Waals surface area contributed by atoms with Crippen molar-refractivity contribution in [1.82, 2.24) is 10.6 Å². The van der Waals surface area contributed by atoms with Crippen LogP contribution in [0.3, 0.4) is 0 Å². The molecule has 1 aliphatic carbocycles. The van der Waals surface area contributed by atoms with Crippen molar-refractivity contribution in [3.63, 3.8) is 0 Å². The van der Waals surface area contributed by atoms with Gasteiger partial charge in [-0.05, 0) is 44.1 Å². The summed E-state index contributed by atoms with van der Waals surface area (Å²) in [6.45, 7) is 3.55. The van der Waals surface area contributed by atoms with Crippen LogP contribution in [0.5, 0.6) is 0 Å². The zero-order chi connectivity index (χ0) is 12.1. The predicted molar refractivity (Wildman–Crippen MR) is 66.8 cm³/mol. The van der Waals surface area contributed by atoms with E-state index in [-0.39, 0.29) is 11.8 Å². The van der Waals surface area contributed by atoms with Crippen molar-refractivity contribution >= 4 is 5.91 Å². The maximum atomic E-state index is 12.0. The molecule has 2 N–H and O–H groups in total. The lowest BCUT2D eigenvalue weighted by Gasteiger charge is -2.23. The average Bonchev–Trinajstić information content (AvgIpc) is 3.15. The highest BCUT2D eigenvalue weighted by molar-refractivity contribution is 5.79. The zero-order valence-corrected chi connectivity index (χ0v) is 10.8. The van der Waals surface area contributed by atoms with Crippen LogP contribution < -0.4 is 10.6 Å². The number of carbonyl (C=O) groups is 1. The van der Waals surface area contributed by atoms with Crippen LogP contribution in [-0.4, -0.2) is 39.3 Å². The van der Waals surface area contributed by atoms with E-state index in [0.29, 0.717) is 5.41 Å². The second-order valence-electron chi connectivity index (χ2n) is 5.50. The molecule has 1 amide bonds. The van der Waals surface area contributed by atoms with Crippen molar-refractivity contribution in [3.05, 3.63) is 0 Å². The molecule has 17 heavy (non-hydrogen) atoms. The van der Waals surface area contributed by atoms with Crippen molar-refractivity contribution in [3.8, 4) is 0 Å². The van der Waals surface area contributed by atoms with Gasteiger partial charge in [-0.1, -0.05) is 0 Å². The van der Waals surface area contributed by atoms with Gasteiger partial charge in [0.2, 0.25) is 5.91 Å². The topological polar surface area (TPSA) is 50.4 Å². The van der Waals surface area contributed by atoms with Gasteiger partial charge < -0.3 is 15.4 Å². The van der Waals surface area contributed by atoms with Crippen LogP contribution >= 0.6 is 0 Å². The summed E-state index contributed by atoms with van der Waals surface area (Å²) in [7, 11) is 1.74. The van der Waals surface area contributed by atoms with Crippen LogP contribution in [0.4, 0.5) is 0 Å². The van der Waals surface area contributed by atoms with E-state index < -0.39 is 0 Å². The maximum Gasteiger partial charge on any atom is 0.224 e. The van der Waals surface area contributed by atoms with Crippen molar-refractivity contribution in [2.75, 3.05) is 33.4 Å². The molecule has 0 unspecified atom stereocenters. The molecule has 0 spiro atoms. The Morgan fingerprint density at radius 3 is 2.94 bits per heavy atom. The van der Waals surface area contributed by atoms with Crippen molar-refractivity contribution in [2.24, 2.45) is 11.3 Å². The van der Waals surface area contributed by atoms with Gasteiger partial charge in [-0.25, -0.2) is 0 Å². The molecule has 0 aromatic rings. The Bertz CT molecular complexity index is 258. The molecule has 4 nitrogen and oxygen atoms in total. The molecule has 1 saturated carbocycles. The third kappa shape index (κ3) is 3.68. The molecule has 1 saturated heterocycles. The average molecular weight is 240 g/mol. The second kappa shape index (κ2) is 5.83. The minimum Gasteiger partial charge on any atom is -0.385 e. The lowest BCUT2D eigenvalue weighted by molar-refractivity contribution is -0.125. The highest BCUT2D eigenvalue weighted by atomic mass is 16.5. The number of nitrogens with one attached hydrogen (secondary N) is 2. The second-order valence-corrected chi connectivity index (χ2v) is 5.50. The van der Waals surface area contributed by atoms with Crippen molar-refractivity contribution < 1.29 is 9.53 Å². The van der Waals surface area contributed by atoms with Crippen LogP contribution in [0.15, 0.2) is 0 Å². The van der Waals surface area contributed by atoms with E-state index in [2.05, 4.69) is 10.6 Å². The molecule has 2 aliphatic rings. The molecule has 0 radical (unpaired) electrons. The van der Waals surface area contributed by atoms with Gasteiger partial charge in [0.05, 0.1) is 5.92 Å². The van der Waals surface area contributed by atoms with Crippen molar-refractivity contribution in [2.45, 2.75) is 32.1 Å². The molecule has 1 heterocycles. The van der Waals surface area contributed by atoms with Crippen LogP contribution in [0.1, 0.15) is 32.1 Å². The molecule has 0 aromatic heterocycles. The van der Waals surface area contributed by atoms with Gasteiger partial charge in [-0.2, -0.15) is 0 Å². The highest BCUT2D eigenvalue weighted by Crippen LogP contribution is 2.48. The molecule has 2 rings (SSSR count). The van der Waals surface area contributed by atoms with Crippen LogP contribution in [-0.2, 0) is 9.53 Å². The number of rotatable bonds is 6. The first-order valence-corrected chi connectivity index (χ1v) is 6.73. The van der Waals surface area contributed by atoms with Crippen LogP contribution in [0, 0.1) is 11.3 Å². The molecular formula is C13H24N2O2. The normalized spacial score (nSPS) is 26.5. The fraction of sp³-hybridized carbons (Fsp3) is 0.923. The quantitative estimate of drug-likeness (QED) is 0.726. The van der Waals surface area contributed by atoms with E-state index in [1.165, 1.54) is 12.8 Å². The van der Waals surface area contributed by atoms with E-state index in [0.717, 1.165) is 45.5 Å². The molecular weight excluding hydrogens is 216 g/mol. The minimum atomic E-state index is 0.182. The lowest BCUT2D eigenvalue weighted by atomic mass is 9.97. The molecule has 1 aliphatic heterocycles. The third-order valence-electron chi connectivity index (χ3n) is 4.10. The number of carbonyl (C=O) groups excluding carboxylic acids is 1. The fourth-order valence-electron chi connectivity index (χ4n) is 2.51. The van der Waals surface area contributed by atoms with Gasteiger partial charge in [0.15, 0.2) is 0 Å². The fourth-order valence-corrected chi connectivity index (χ4v) is 2.51. The Kier molecular flexibility index (Phi) is 4.40. The van der Waals surface area contributed by atoms with E-state index in [1.807, 2.05) is 0 Å². The van der Waals surface area contributed by atoms with Gasteiger partial charge in [0.25, 0.3) is 0 Å². The summed E-state index contributed by atoms with van der Waals surface area (Å²) >= 11 is 0. The monoisotopic (exact) mass is 240 g/mol. The first kappa shape index (κ1) is 12.8. The smallest absolute Gasteiger partial charge is 0.224 e. The van der Waals surface area contributed by atoms with Crippen LogP contribution in [0.25, 0.3) is 0 Å². The summed E-state index contributed by atoms with van der Waals surface area (Å²) in [5, 5.41) is 6.41. The number of methoxy groups -OCH3 is 1. The summed E-state index contributed by atoms with van der Waals surface area (Å²) in [5.41, 5.74) is 0.355. The van der Waals surface area contributed by atoms with Crippen LogP contribution in [0.2, 0.25) is 0 Å². The standard InChI is InChI=1S/C13H24N2O2/c1-17-8-6-13(4-5-13)10-15-12(16)11-3-2-7-14-9-11/h11,14H,2-10H2,1H3,(H,15,16)/t11-/m1/s1. The summed E-state index contributed by atoms with van der Waals surface area (Å²) in [4.78, 5) is 12.0. The number of amides is 1. The van der Waals surface area contributed by atoms with Crippen molar-refractivity contribution in [1.29, 1.82) is 0 Å². The van der Waals surface area contributed by atoms with E-state index in [4.69, 9.17) is 4.74 Å². The lowest BCUT2D eigenvalue weighted by Crippen LogP contribution is -2.42. The molecule has 2 fully saturated rings. The van der Waals surface area contributed by atoms with E-state index in [1.54, 1.807) is 7.11 Å². The summed E-state index contributed by atoms with van der Waals surface area (Å²) in [5.74, 6) is 0.419. The van der Waals surface area contributed by atoms with Gasteiger partial charge >= 0.3 is 0 Å². The van der Waals surface area contributed by atoms with Gasteiger partial charge in [0.1, 0.15) is 0 Å². The molecule has 0 aromatic carbocycles.